The van der Waals surface area contributed by atoms with E-state index < -0.39 is 28.0 Å². The molecule has 0 radical (unpaired) electrons. The molecule has 37 heavy (non-hydrogen) atoms. The van der Waals surface area contributed by atoms with Crippen molar-refractivity contribution in [2.75, 3.05) is 12.0 Å². The first-order valence-corrected chi connectivity index (χ1v) is 12.7. The summed E-state index contributed by atoms with van der Waals surface area (Å²) in [6.45, 7) is 1.64. The van der Waals surface area contributed by atoms with Crippen molar-refractivity contribution in [2.24, 2.45) is 0 Å². The molecule has 4 amide bonds. The highest BCUT2D eigenvalue weighted by Gasteiger charge is 2.37. The molecule has 1 aliphatic heterocycles. The van der Waals surface area contributed by atoms with Gasteiger partial charge >= 0.3 is 16.1 Å². The Balaban J connectivity index is 1.67. The molecule has 1 saturated heterocycles. The molecule has 9 nitrogen and oxygen atoms in total. The molecular weight excluding hydrogens is 543 g/mol. The van der Waals surface area contributed by atoms with Gasteiger partial charge < -0.3 is 8.92 Å². The van der Waals surface area contributed by atoms with Gasteiger partial charge in [0.25, 0.3) is 11.8 Å². The summed E-state index contributed by atoms with van der Waals surface area (Å²) in [5.74, 6) is -1.85. The van der Waals surface area contributed by atoms with Gasteiger partial charge in [-0.25, -0.2) is 9.69 Å². The Kier molecular flexibility index (Phi) is 7.26. The summed E-state index contributed by atoms with van der Waals surface area (Å²) >= 11 is 12.0. The molecule has 1 fully saturated rings. The predicted molar refractivity (Wildman–Crippen MR) is 137 cm³/mol. The number of imide groups is 2. The average molecular weight is 561 g/mol. The molecule has 0 aliphatic carbocycles. The maximum absolute atomic E-state index is 13.2. The van der Waals surface area contributed by atoms with E-state index in [1.165, 1.54) is 61.7 Å². The molecule has 0 atom stereocenters. The molecule has 4 rings (SSSR count). The Bertz CT molecular complexity index is 1570. The number of barbiturate groups is 1. The highest BCUT2D eigenvalue weighted by Crippen LogP contribution is 2.33. The number of carbonyl (C=O) groups excluding carboxylic acids is 3. The fraction of sp³-hybridized carbons (Fsp3) is 0.0800. The van der Waals surface area contributed by atoms with Crippen LogP contribution in [0.3, 0.4) is 0 Å². The van der Waals surface area contributed by atoms with Gasteiger partial charge in [0.15, 0.2) is 11.5 Å². The van der Waals surface area contributed by atoms with Crippen LogP contribution in [0.2, 0.25) is 10.0 Å². The number of anilines is 1. The minimum Gasteiger partial charge on any atom is -0.493 e. The quantitative estimate of drug-likeness (QED) is 0.262. The van der Waals surface area contributed by atoms with E-state index in [0.29, 0.717) is 21.2 Å². The molecule has 0 aromatic heterocycles. The monoisotopic (exact) mass is 560 g/mol. The molecule has 0 bridgehead atoms. The molecule has 190 valence electrons. The van der Waals surface area contributed by atoms with Crippen molar-refractivity contribution >= 4 is 62.9 Å². The molecule has 1 N–H and O–H groups in total. The van der Waals surface area contributed by atoms with Gasteiger partial charge in [-0.2, -0.15) is 8.42 Å². The summed E-state index contributed by atoms with van der Waals surface area (Å²) in [6, 6.07) is 13.3. The molecule has 1 aliphatic rings. The Morgan fingerprint density at radius 1 is 0.946 bits per heavy atom. The highest BCUT2D eigenvalue weighted by molar-refractivity contribution is 7.87. The van der Waals surface area contributed by atoms with Gasteiger partial charge in [-0.15, -0.1) is 0 Å². The fourth-order valence-corrected chi connectivity index (χ4v) is 4.73. The number of nitrogens with zero attached hydrogens (tertiary/aromatic N) is 1. The molecule has 12 heteroatoms. The van der Waals surface area contributed by atoms with Gasteiger partial charge in [-0.3, -0.25) is 14.9 Å². The second-order valence-corrected chi connectivity index (χ2v) is 10.1. The van der Waals surface area contributed by atoms with Crippen molar-refractivity contribution in [2.45, 2.75) is 11.8 Å². The third kappa shape index (κ3) is 5.31. The van der Waals surface area contributed by atoms with E-state index in [2.05, 4.69) is 5.32 Å². The summed E-state index contributed by atoms with van der Waals surface area (Å²) < 4.78 is 35.8. The zero-order chi connectivity index (χ0) is 26.9. The van der Waals surface area contributed by atoms with Crippen LogP contribution < -0.4 is 19.1 Å². The number of ether oxygens (including phenoxy) is 1. The zero-order valence-corrected chi connectivity index (χ0v) is 21.6. The lowest BCUT2D eigenvalue weighted by Crippen LogP contribution is -2.54. The largest absolute Gasteiger partial charge is 0.493 e. The molecular formula is C25H18Cl2N2O7S. The molecule has 0 spiro atoms. The third-order valence-electron chi connectivity index (χ3n) is 5.38. The summed E-state index contributed by atoms with van der Waals surface area (Å²) in [5, 5.41) is 2.84. The molecule has 0 unspecified atom stereocenters. The van der Waals surface area contributed by atoms with Crippen LogP contribution in [0.15, 0.2) is 71.1 Å². The van der Waals surface area contributed by atoms with Crippen molar-refractivity contribution in [3.63, 3.8) is 0 Å². The van der Waals surface area contributed by atoms with E-state index >= 15 is 0 Å². The van der Waals surface area contributed by atoms with Crippen LogP contribution >= 0.6 is 23.2 Å². The number of rotatable bonds is 6. The lowest BCUT2D eigenvalue weighted by atomic mass is 10.1. The van der Waals surface area contributed by atoms with Gasteiger partial charge in [0.1, 0.15) is 10.5 Å². The van der Waals surface area contributed by atoms with Gasteiger partial charge in [0.2, 0.25) is 0 Å². The normalized spacial score (nSPS) is 15.1. The number of carbonyl (C=O) groups is 3. The van der Waals surface area contributed by atoms with Crippen LogP contribution in [-0.4, -0.2) is 33.4 Å². The van der Waals surface area contributed by atoms with Gasteiger partial charge in [-0.1, -0.05) is 35.3 Å². The molecule has 3 aromatic carbocycles. The average Bonchev–Trinajstić information content (AvgIpc) is 2.85. The van der Waals surface area contributed by atoms with Gasteiger partial charge in [0, 0.05) is 10.0 Å². The van der Waals surface area contributed by atoms with Gasteiger partial charge in [-0.05, 0) is 72.7 Å². The highest BCUT2D eigenvalue weighted by atomic mass is 35.5. The Hall–Kier alpha value is -3.86. The van der Waals surface area contributed by atoms with E-state index in [1.807, 2.05) is 0 Å². The zero-order valence-electron chi connectivity index (χ0n) is 19.3. The predicted octanol–water partition coefficient (Wildman–Crippen LogP) is 4.74. The second-order valence-electron chi connectivity index (χ2n) is 7.74. The van der Waals surface area contributed by atoms with Crippen LogP contribution in [0.1, 0.15) is 11.1 Å². The first-order valence-electron chi connectivity index (χ1n) is 10.6. The number of hydrogen-bond acceptors (Lipinski definition) is 7. The smallest absolute Gasteiger partial charge is 0.339 e. The second kappa shape index (κ2) is 10.3. The first-order chi connectivity index (χ1) is 17.5. The van der Waals surface area contributed by atoms with Crippen LogP contribution in [0.5, 0.6) is 11.5 Å². The van der Waals surface area contributed by atoms with E-state index in [1.54, 1.807) is 19.1 Å². The van der Waals surface area contributed by atoms with Crippen molar-refractivity contribution in [3.05, 3.63) is 87.4 Å². The Labute approximate surface area is 222 Å². The van der Waals surface area contributed by atoms with Gasteiger partial charge in [0.05, 0.1) is 12.8 Å². The summed E-state index contributed by atoms with van der Waals surface area (Å²) in [7, 11) is -2.90. The molecule has 3 aromatic rings. The number of amides is 4. The van der Waals surface area contributed by atoms with Crippen molar-refractivity contribution < 1.29 is 31.7 Å². The lowest BCUT2D eigenvalue weighted by molar-refractivity contribution is -0.122. The number of halogens is 2. The summed E-state index contributed by atoms with van der Waals surface area (Å²) in [6.07, 6.45) is 1.25. The van der Waals surface area contributed by atoms with Crippen molar-refractivity contribution in [1.82, 2.24) is 5.32 Å². The van der Waals surface area contributed by atoms with E-state index in [4.69, 9.17) is 32.1 Å². The maximum Gasteiger partial charge on any atom is 0.339 e. The SMILES string of the molecule is COc1cc(/C=C2\C(=O)NC(=O)N(c3cccc(Cl)c3C)C2=O)ccc1OS(=O)(=O)c1ccc(Cl)cc1. The summed E-state index contributed by atoms with van der Waals surface area (Å²) in [5.41, 5.74) is 0.681. The fourth-order valence-electron chi connectivity index (χ4n) is 3.49. The number of hydrogen-bond donors (Lipinski definition) is 1. The van der Waals surface area contributed by atoms with Crippen molar-refractivity contribution in [1.29, 1.82) is 0 Å². The minimum absolute atomic E-state index is 0.0224. The molecule has 1 heterocycles. The topological polar surface area (TPSA) is 119 Å². The van der Waals surface area contributed by atoms with E-state index in [0.717, 1.165) is 4.90 Å². The van der Waals surface area contributed by atoms with Crippen molar-refractivity contribution in [3.8, 4) is 11.5 Å². The Morgan fingerprint density at radius 2 is 1.65 bits per heavy atom. The lowest BCUT2D eigenvalue weighted by Gasteiger charge is -2.27. The number of nitrogens with one attached hydrogen (secondary N) is 1. The minimum atomic E-state index is -4.20. The van der Waals surface area contributed by atoms with E-state index in [9.17, 15) is 22.8 Å². The third-order valence-corrected chi connectivity index (χ3v) is 7.29. The molecule has 0 saturated carbocycles. The number of urea groups is 1. The first kappa shape index (κ1) is 26.2. The number of methoxy groups -OCH3 is 1. The summed E-state index contributed by atoms with van der Waals surface area (Å²) in [4.78, 5) is 38.9. The van der Waals surface area contributed by atoms with Crippen LogP contribution in [0.4, 0.5) is 10.5 Å². The van der Waals surface area contributed by atoms with E-state index in [-0.39, 0.29) is 27.7 Å². The number of benzene rings is 3. The standard InChI is InChI=1S/C25H18Cl2N2O7S/c1-14-19(27)4-3-5-20(14)29-24(31)18(23(30)28-25(29)32)12-15-6-11-21(22(13-15)35-2)36-37(33,34)17-9-7-16(26)8-10-17/h3-13H,1-2H3,(H,28,30,32)/b18-12+. The maximum atomic E-state index is 13.2. The van der Waals surface area contributed by atoms with Crippen LogP contribution in [0, 0.1) is 6.92 Å². The van der Waals surface area contributed by atoms with Crippen LogP contribution in [-0.2, 0) is 19.7 Å². The Morgan fingerprint density at radius 3 is 2.32 bits per heavy atom. The van der Waals surface area contributed by atoms with Crippen LogP contribution in [0.25, 0.3) is 6.08 Å².